The van der Waals surface area contributed by atoms with E-state index in [4.69, 9.17) is 4.42 Å². The normalized spacial score (nSPS) is 14.4. The van der Waals surface area contributed by atoms with Crippen molar-refractivity contribution in [2.45, 2.75) is 6.29 Å². The number of carbonyl (C=O) groups excluding carboxylic acids is 1. The molecule has 140 valence electrons. The third-order valence-electron chi connectivity index (χ3n) is 4.01. The van der Waals surface area contributed by atoms with E-state index in [-0.39, 0.29) is 17.2 Å². The van der Waals surface area contributed by atoms with E-state index in [1.54, 1.807) is 24.3 Å². The fourth-order valence-electron chi connectivity index (χ4n) is 2.78. The number of hydrogen-bond acceptors (Lipinski definition) is 7. The van der Waals surface area contributed by atoms with E-state index in [1.165, 1.54) is 18.2 Å². The molecule has 1 aliphatic rings. The molecular formula is C17H9F2N5O4. The number of amides is 1. The third kappa shape index (κ3) is 2.78. The molecule has 0 aliphatic carbocycles. The summed E-state index contributed by atoms with van der Waals surface area (Å²) in [5.74, 6) is -0.0227. The van der Waals surface area contributed by atoms with Crippen LogP contribution in [0.3, 0.4) is 0 Å². The van der Waals surface area contributed by atoms with Gasteiger partial charge < -0.3 is 19.2 Å². The topological polar surface area (TPSA) is 115 Å². The van der Waals surface area contributed by atoms with Crippen LogP contribution >= 0.6 is 0 Å². The van der Waals surface area contributed by atoms with Crippen LogP contribution in [0.2, 0.25) is 0 Å². The predicted molar refractivity (Wildman–Crippen MR) is 90.0 cm³/mol. The number of furan rings is 1. The van der Waals surface area contributed by atoms with Gasteiger partial charge in [0.05, 0.1) is 0 Å². The number of aromatic nitrogens is 4. The molecule has 1 aliphatic heterocycles. The Bertz CT molecular complexity index is 1210. The molecule has 9 nitrogen and oxygen atoms in total. The highest BCUT2D eigenvalue weighted by molar-refractivity contribution is 6.06. The highest BCUT2D eigenvalue weighted by Gasteiger charge is 2.43. The molecule has 1 amide bonds. The van der Waals surface area contributed by atoms with E-state index >= 15 is 0 Å². The zero-order chi connectivity index (χ0) is 19.3. The summed E-state index contributed by atoms with van der Waals surface area (Å²) in [4.78, 5) is 12.5. The average molecular weight is 385 g/mol. The van der Waals surface area contributed by atoms with Gasteiger partial charge in [0.1, 0.15) is 5.58 Å². The molecule has 2 aromatic heterocycles. The zero-order valence-electron chi connectivity index (χ0n) is 13.8. The quantitative estimate of drug-likeness (QED) is 0.556. The van der Waals surface area contributed by atoms with Crippen molar-refractivity contribution in [3.05, 3.63) is 48.0 Å². The van der Waals surface area contributed by atoms with Crippen LogP contribution in [0, 0.1) is 0 Å². The first kappa shape index (κ1) is 16.2. The van der Waals surface area contributed by atoms with Gasteiger partial charge >= 0.3 is 6.29 Å². The van der Waals surface area contributed by atoms with Gasteiger partial charge in [-0.3, -0.25) is 4.79 Å². The van der Waals surface area contributed by atoms with Crippen molar-refractivity contribution in [3.63, 3.8) is 0 Å². The first-order valence-corrected chi connectivity index (χ1v) is 7.95. The van der Waals surface area contributed by atoms with Gasteiger partial charge in [0.15, 0.2) is 17.3 Å². The smallest absolute Gasteiger partial charge is 0.453 e. The number of tetrazole rings is 1. The van der Waals surface area contributed by atoms with E-state index in [2.05, 4.69) is 35.4 Å². The lowest BCUT2D eigenvalue weighted by molar-refractivity contribution is -0.286. The van der Waals surface area contributed by atoms with Crippen molar-refractivity contribution >= 4 is 22.6 Å². The van der Waals surface area contributed by atoms with Crippen molar-refractivity contribution in [1.82, 2.24) is 20.6 Å². The van der Waals surface area contributed by atoms with Crippen LogP contribution in [-0.2, 0) is 0 Å². The Labute approximate surface area is 154 Å². The maximum absolute atomic E-state index is 13.1. The fraction of sp³-hybridized carbons (Fsp3) is 0.0588. The lowest BCUT2D eigenvalue weighted by Gasteiger charge is -2.06. The molecule has 11 heteroatoms. The van der Waals surface area contributed by atoms with Gasteiger partial charge in [0.25, 0.3) is 5.91 Å². The Balaban J connectivity index is 1.39. The summed E-state index contributed by atoms with van der Waals surface area (Å²) in [5, 5.41) is 16.8. The summed E-state index contributed by atoms with van der Waals surface area (Å²) in [6, 6.07) is 10.6. The average Bonchev–Trinajstić information content (AvgIpc) is 3.37. The number of anilines is 1. The monoisotopic (exact) mass is 385 g/mol. The zero-order valence-corrected chi connectivity index (χ0v) is 13.8. The van der Waals surface area contributed by atoms with Gasteiger partial charge in [0, 0.05) is 22.7 Å². The van der Waals surface area contributed by atoms with Gasteiger partial charge in [-0.15, -0.1) is 19.0 Å². The highest BCUT2D eigenvalue weighted by Crippen LogP contribution is 2.42. The maximum atomic E-state index is 13.1. The third-order valence-corrected chi connectivity index (χ3v) is 4.01. The molecule has 0 radical (unpaired) electrons. The minimum Gasteiger partial charge on any atom is -0.453 e. The summed E-state index contributed by atoms with van der Waals surface area (Å²) in [6.07, 6.45) is -3.72. The van der Waals surface area contributed by atoms with Crippen LogP contribution in [0.1, 0.15) is 10.4 Å². The van der Waals surface area contributed by atoms with Crippen molar-refractivity contribution < 1.29 is 27.5 Å². The van der Waals surface area contributed by atoms with E-state index in [9.17, 15) is 13.6 Å². The number of nitrogens with one attached hydrogen (secondary N) is 2. The maximum Gasteiger partial charge on any atom is 0.586 e. The molecule has 3 heterocycles. The van der Waals surface area contributed by atoms with Crippen LogP contribution in [0.15, 0.2) is 46.9 Å². The Morgan fingerprint density at radius 1 is 1.07 bits per heavy atom. The first-order valence-electron chi connectivity index (χ1n) is 7.95. The van der Waals surface area contributed by atoms with Crippen molar-refractivity contribution in [3.8, 4) is 23.1 Å². The van der Waals surface area contributed by atoms with E-state index in [0.29, 0.717) is 22.7 Å². The highest BCUT2D eigenvalue weighted by atomic mass is 19.3. The second-order valence-corrected chi connectivity index (χ2v) is 5.88. The number of alkyl halides is 2. The molecule has 28 heavy (non-hydrogen) atoms. The SMILES string of the molecule is O=C(Nc1ccc2c(c1)OC(F)(F)O2)c1ccc2cc(-c3nn[nH]n3)oc2c1. The number of hydrogen-bond donors (Lipinski definition) is 2. The van der Waals surface area contributed by atoms with Crippen LogP contribution in [0.5, 0.6) is 11.5 Å². The van der Waals surface area contributed by atoms with Crippen LogP contribution in [0.25, 0.3) is 22.6 Å². The summed E-state index contributed by atoms with van der Waals surface area (Å²) >= 11 is 0. The molecule has 0 unspecified atom stereocenters. The molecule has 5 rings (SSSR count). The van der Waals surface area contributed by atoms with Crippen molar-refractivity contribution in [1.29, 1.82) is 0 Å². The van der Waals surface area contributed by atoms with Crippen molar-refractivity contribution in [2.24, 2.45) is 0 Å². The summed E-state index contributed by atoms with van der Waals surface area (Å²) in [6.45, 7) is 0. The van der Waals surface area contributed by atoms with Crippen LogP contribution in [-0.4, -0.2) is 32.8 Å². The second kappa shape index (κ2) is 5.74. The van der Waals surface area contributed by atoms with Crippen LogP contribution in [0.4, 0.5) is 14.5 Å². The fourth-order valence-corrected chi connectivity index (χ4v) is 2.78. The molecule has 0 saturated carbocycles. The molecule has 0 bridgehead atoms. The van der Waals surface area contributed by atoms with Gasteiger partial charge in [-0.2, -0.15) is 5.21 Å². The molecule has 0 atom stereocenters. The van der Waals surface area contributed by atoms with Crippen molar-refractivity contribution in [2.75, 3.05) is 5.32 Å². The molecular weight excluding hydrogens is 376 g/mol. The van der Waals surface area contributed by atoms with E-state index in [0.717, 1.165) is 5.39 Å². The lowest BCUT2D eigenvalue weighted by Crippen LogP contribution is -2.25. The standard InChI is InChI=1S/C17H9F2N5O4/c18-17(19)27-11-4-3-10(7-13(11)28-17)20-16(25)9-2-1-8-5-14(26-12(8)6-9)15-21-23-24-22-15/h1-7H,(H,20,25)(H,21,22,23,24). The summed E-state index contributed by atoms with van der Waals surface area (Å²) in [5.41, 5.74) is 1.04. The van der Waals surface area contributed by atoms with Gasteiger partial charge in [-0.1, -0.05) is 6.07 Å². The number of carbonyl (C=O) groups is 1. The first-order chi connectivity index (χ1) is 13.5. The number of H-pyrrole nitrogens is 1. The second-order valence-electron chi connectivity index (χ2n) is 5.88. The van der Waals surface area contributed by atoms with E-state index in [1.807, 2.05) is 0 Å². The Kier molecular flexibility index (Phi) is 3.32. The summed E-state index contributed by atoms with van der Waals surface area (Å²) < 4.78 is 40.5. The molecule has 0 fully saturated rings. The summed E-state index contributed by atoms with van der Waals surface area (Å²) in [7, 11) is 0. The Morgan fingerprint density at radius 3 is 2.75 bits per heavy atom. The van der Waals surface area contributed by atoms with Gasteiger partial charge in [0.2, 0.25) is 5.82 Å². The Hall–Kier alpha value is -4.02. The molecule has 4 aromatic rings. The lowest BCUT2D eigenvalue weighted by atomic mass is 10.1. The molecule has 2 N–H and O–H groups in total. The van der Waals surface area contributed by atoms with Gasteiger partial charge in [-0.25, -0.2) is 0 Å². The number of fused-ring (bicyclic) bond motifs is 2. The molecule has 0 saturated heterocycles. The number of aromatic amines is 1. The number of rotatable bonds is 3. The van der Waals surface area contributed by atoms with Crippen LogP contribution < -0.4 is 14.8 Å². The number of nitrogens with zero attached hydrogens (tertiary/aromatic N) is 3. The molecule has 0 spiro atoms. The number of halogens is 2. The predicted octanol–water partition coefficient (Wildman–Crippen LogP) is 3.19. The number of ether oxygens (including phenoxy) is 2. The van der Waals surface area contributed by atoms with E-state index < -0.39 is 12.2 Å². The van der Waals surface area contributed by atoms with Gasteiger partial charge in [-0.05, 0) is 35.5 Å². The minimum atomic E-state index is -3.72. The Morgan fingerprint density at radius 2 is 1.93 bits per heavy atom. The molecule has 2 aromatic carbocycles. The minimum absolute atomic E-state index is 0.103. The number of benzene rings is 2. The largest absolute Gasteiger partial charge is 0.586 e.